The third-order valence-corrected chi connectivity index (χ3v) is 3.23. The highest BCUT2D eigenvalue weighted by atomic mass is 16.2. The van der Waals surface area contributed by atoms with Gasteiger partial charge in [-0.1, -0.05) is 19.9 Å². The van der Waals surface area contributed by atoms with Crippen LogP contribution in [0.1, 0.15) is 13.8 Å². The largest absolute Gasteiger partial charge is 0.378 e. The van der Waals surface area contributed by atoms with Gasteiger partial charge in [0.05, 0.1) is 0 Å². The molecule has 0 aliphatic heterocycles. The van der Waals surface area contributed by atoms with Crippen LogP contribution in [0.25, 0.3) is 0 Å². The van der Waals surface area contributed by atoms with Crippen molar-refractivity contribution in [2.75, 3.05) is 50.5 Å². The third-order valence-electron chi connectivity index (χ3n) is 3.23. The maximum atomic E-state index is 11.8. The van der Waals surface area contributed by atoms with Crippen molar-refractivity contribution in [3.63, 3.8) is 0 Å². The summed E-state index contributed by atoms with van der Waals surface area (Å²) in [5, 5.41) is 5.73. The summed E-state index contributed by atoms with van der Waals surface area (Å²) < 4.78 is 0. The quantitative estimate of drug-likeness (QED) is 0.804. The molecular weight excluding hydrogens is 252 g/mol. The average Bonchev–Trinajstić information content (AvgIpc) is 2.44. The molecule has 5 nitrogen and oxygen atoms in total. The van der Waals surface area contributed by atoms with Crippen molar-refractivity contribution >= 4 is 17.4 Å². The van der Waals surface area contributed by atoms with Gasteiger partial charge in [-0.25, -0.2) is 4.79 Å². The molecule has 0 unspecified atom stereocenters. The fraction of sp³-hybridized carbons (Fsp3) is 0.533. The summed E-state index contributed by atoms with van der Waals surface area (Å²) in [6.07, 6.45) is 0. The first-order valence-electron chi connectivity index (χ1n) is 7.11. The zero-order valence-corrected chi connectivity index (χ0v) is 12.9. The van der Waals surface area contributed by atoms with Gasteiger partial charge in [0.2, 0.25) is 0 Å². The monoisotopic (exact) mass is 278 g/mol. The van der Waals surface area contributed by atoms with E-state index in [1.807, 2.05) is 43.3 Å². The molecule has 1 rings (SSSR count). The van der Waals surface area contributed by atoms with Gasteiger partial charge in [-0.15, -0.1) is 0 Å². The number of benzene rings is 1. The molecule has 0 spiro atoms. The van der Waals surface area contributed by atoms with Crippen LogP contribution < -0.4 is 15.5 Å². The Kier molecular flexibility index (Phi) is 6.87. The number of hydrogen-bond donors (Lipinski definition) is 2. The summed E-state index contributed by atoms with van der Waals surface area (Å²) in [4.78, 5) is 16.1. The molecule has 1 aromatic carbocycles. The van der Waals surface area contributed by atoms with Crippen molar-refractivity contribution in [1.82, 2.24) is 10.2 Å². The van der Waals surface area contributed by atoms with Crippen LogP contribution in [0.3, 0.4) is 0 Å². The Morgan fingerprint density at radius 3 is 2.50 bits per heavy atom. The highest BCUT2D eigenvalue weighted by Crippen LogP contribution is 2.16. The molecule has 0 bridgehead atoms. The first-order chi connectivity index (χ1) is 9.56. The maximum Gasteiger partial charge on any atom is 0.319 e. The van der Waals surface area contributed by atoms with E-state index in [1.54, 1.807) is 0 Å². The van der Waals surface area contributed by atoms with E-state index in [1.165, 1.54) is 0 Å². The van der Waals surface area contributed by atoms with E-state index in [0.717, 1.165) is 31.0 Å². The van der Waals surface area contributed by atoms with E-state index in [4.69, 9.17) is 0 Å². The standard InChI is InChI=1S/C15H26N4O/c1-5-19(6-2)11-10-16-15(20)17-13-8-7-9-14(12-13)18(3)4/h7-9,12H,5-6,10-11H2,1-4H3,(H2,16,17,20). The minimum absolute atomic E-state index is 0.159. The Bertz CT molecular complexity index is 416. The van der Waals surface area contributed by atoms with Gasteiger partial charge in [0.15, 0.2) is 0 Å². The number of anilines is 2. The van der Waals surface area contributed by atoms with Crippen molar-refractivity contribution in [3.05, 3.63) is 24.3 Å². The summed E-state index contributed by atoms with van der Waals surface area (Å²) in [6, 6.07) is 7.61. The molecule has 20 heavy (non-hydrogen) atoms. The molecule has 1 aromatic rings. The fourth-order valence-corrected chi connectivity index (χ4v) is 1.90. The zero-order valence-electron chi connectivity index (χ0n) is 12.9. The predicted molar refractivity (Wildman–Crippen MR) is 85.6 cm³/mol. The minimum Gasteiger partial charge on any atom is -0.378 e. The molecule has 0 fully saturated rings. The zero-order chi connectivity index (χ0) is 15.0. The van der Waals surface area contributed by atoms with Crippen LogP contribution in [0.5, 0.6) is 0 Å². The highest BCUT2D eigenvalue weighted by molar-refractivity contribution is 5.89. The number of urea groups is 1. The van der Waals surface area contributed by atoms with Crippen molar-refractivity contribution in [2.45, 2.75) is 13.8 Å². The van der Waals surface area contributed by atoms with Gasteiger partial charge in [0.1, 0.15) is 0 Å². The molecule has 2 amide bonds. The van der Waals surface area contributed by atoms with Gasteiger partial charge in [-0.05, 0) is 31.3 Å². The van der Waals surface area contributed by atoms with E-state index in [9.17, 15) is 4.79 Å². The number of amides is 2. The normalized spacial score (nSPS) is 10.4. The lowest BCUT2D eigenvalue weighted by Gasteiger charge is -2.18. The number of carbonyl (C=O) groups excluding carboxylic acids is 1. The number of rotatable bonds is 7. The molecule has 0 heterocycles. The third kappa shape index (κ3) is 5.48. The minimum atomic E-state index is -0.159. The van der Waals surface area contributed by atoms with Crippen LogP contribution in [0.4, 0.5) is 16.2 Å². The second-order valence-corrected chi connectivity index (χ2v) is 4.85. The average molecular weight is 278 g/mol. The molecule has 0 atom stereocenters. The first-order valence-corrected chi connectivity index (χ1v) is 7.11. The second-order valence-electron chi connectivity index (χ2n) is 4.85. The molecule has 5 heteroatoms. The van der Waals surface area contributed by atoms with Crippen LogP contribution in [-0.2, 0) is 0 Å². The van der Waals surface area contributed by atoms with Gasteiger partial charge in [-0.3, -0.25) is 0 Å². The molecule has 2 N–H and O–H groups in total. The number of hydrogen-bond acceptors (Lipinski definition) is 3. The van der Waals surface area contributed by atoms with Crippen LogP contribution >= 0.6 is 0 Å². The molecule has 0 saturated carbocycles. The fourth-order valence-electron chi connectivity index (χ4n) is 1.90. The molecular formula is C15H26N4O. The number of likely N-dealkylation sites (N-methyl/N-ethyl adjacent to an activating group) is 1. The van der Waals surface area contributed by atoms with Gasteiger partial charge in [0.25, 0.3) is 0 Å². The number of nitrogens with zero attached hydrogens (tertiary/aromatic N) is 2. The van der Waals surface area contributed by atoms with Crippen LogP contribution in [-0.4, -0.2) is 51.2 Å². The lowest BCUT2D eigenvalue weighted by molar-refractivity contribution is 0.248. The van der Waals surface area contributed by atoms with Crippen molar-refractivity contribution in [2.24, 2.45) is 0 Å². The Balaban J connectivity index is 2.40. The van der Waals surface area contributed by atoms with E-state index < -0.39 is 0 Å². The molecule has 0 saturated heterocycles. The van der Waals surface area contributed by atoms with Gasteiger partial charge >= 0.3 is 6.03 Å². The summed E-state index contributed by atoms with van der Waals surface area (Å²) in [7, 11) is 3.95. The van der Waals surface area contributed by atoms with E-state index in [2.05, 4.69) is 29.4 Å². The van der Waals surface area contributed by atoms with Crippen LogP contribution in [0, 0.1) is 0 Å². The van der Waals surface area contributed by atoms with Gasteiger partial charge < -0.3 is 20.4 Å². The second kappa shape index (κ2) is 8.43. The molecule has 0 aliphatic carbocycles. The molecule has 0 aliphatic rings. The summed E-state index contributed by atoms with van der Waals surface area (Å²) in [5.74, 6) is 0. The number of carbonyl (C=O) groups is 1. The SMILES string of the molecule is CCN(CC)CCNC(=O)Nc1cccc(N(C)C)c1. The maximum absolute atomic E-state index is 11.8. The van der Waals surface area contributed by atoms with Crippen molar-refractivity contribution in [3.8, 4) is 0 Å². The predicted octanol–water partition coefficient (Wildman–Crippen LogP) is 2.22. The Labute approximate surface area is 121 Å². The highest BCUT2D eigenvalue weighted by Gasteiger charge is 2.04. The molecule has 0 radical (unpaired) electrons. The van der Waals surface area contributed by atoms with Gasteiger partial charge in [-0.2, -0.15) is 0 Å². The lowest BCUT2D eigenvalue weighted by Crippen LogP contribution is -2.36. The van der Waals surface area contributed by atoms with Crippen molar-refractivity contribution < 1.29 is 4.79 Å². The Hall–Kier alpha value is -1.75. The van der Waals surface area contributed by atoms with E-state index in [-0.39, 0.29) is 6.03 Å². The lowest BCUT2D eigenvalue weighted by atomic mass is 10.2. The van der Waals surface area contributed by atoms with Gasteiger partial charge in [0, 0.05) is 38.6 Å². The first kappa shape index (κ1) is 16.3. The molecule has 112 valence electrons. The molecule has 0 aromatic heterocycles. The Morgan fingerprint density at radius 2 is 1.90 bits per heavy atom. The number of nitrogens with one attached hydrogen (secondary N) is 2. The topological polar surface area (TPSA) is 47.6 Å². The Morgan fingerprint density at radius 1 is 1.20 bits per heavy atom. The van der Waals surface area contributed by atoms with Crippen LogP contribution in [0.2, 0.25) is 0 Å². The van der Waals surface area contributed by atoms with E-state index >= 15 is 0 Å². The van der Waals surface area contributed by atoms with Crippen molar-refractivity contribution in [1.29, 1.82) is 0 Å². The summed E-state index contributed by atoms with van der Waals surface area (Å²) in [5.41, 5.74) is 1.86. The van der Waals surface area contributed by atoms with Crippen LogP contribution in [0.15, 0.2) is 24.3 Å². The van der Waals surface area contributed by atoms with E-state index in [0.29, 0.717) is 6.54 Å². The summed E-state index contributed by atoms with van der Waals surface area (Å²) in [6.45, 7) is 7.78. The smallest absolute Gasteiger partial charge is 0.319 e. The summed E-state index contributed by atoms with van der Waals surface area (Å²) >= 11 is 0.